The summed E-state index contributed by atoms with van der Waals surface area (Å²) < 4.78 is 36.9. The van der Waals surface area contributed by atoms with E-state index >= 15 is 0 Å². The molecule has 12 nitrogen and oxygen atoms in total. The Labute approximate surface area is 230 Å². The van der Waals surface area contributed by atoms with Gasteiger partial charge >= 0.3 is 0 Å². The molecule has 1 aliphatic carbocycles. The first kappa shape index (κ1) is 31.5. The Morgan fingerprint density at radius 1 is 0.718 bits per heavy atom. The number of fused-ring (bicyclic) bond motifs is 1. The van der Waals surface area contributed by atoms with Crippen molar-refractivity contribution in [3.05, 3.63) is 0 Å². The van der Waals surface area contributed by atoms with Crippen LogP contribution < -0.4 is 0 Å². The molecule has 14 atom stereocenters. The van der Waals surface area contributed by atoms with E-state index in [4.69, 9.17) is 28.4 Å². The summed E-state index contributed by atoms with van der Waals surface area (Å²) in [6, 6.07) is 0. The summed E-state index contributed by atoms with van der Waals surface area (Å²) in [5, 5.41) is 61.8. The van der Waals surface area contributed by atoms with Crippen molar-refractivity contribution >= 4 is 0 Å². The molecule has 39 heavy (non-hydrogen) atoms. The number of rotatable bonds is 7. The van der Waals surface area contributed by atoms with Crippen molar-refractivity contribution in [3.8, 4) is 0 Å². The maximum Gasteiger partial charge on any atom is 0.187 e. The van der Waals surface area contributed by atoms with Gasteiger partial charge in [-0.05, 0) is 38.5 Å². The van der Waals surface area contributed by atoms with E-state index in [0.717, 1.165) is 38.5 Å². The Balaban J connectivity index is 1.55. The van der Waals surface area contributed by atoms with Gasteiger partial charge in [-0.25, -0.2) is 0 Å². The minimum absolute atomic E-state index is 0.0671. The smallest absolute Gasteiger partial charge is 0.187 e. The van der Waals surface area contributed by atoms with E-state index in [1.807, 2.05) is 6.92 Å². The van der Waals surface area contributed by atoms with Crippen molar-refractivity contribution in [3.63, 3.8) is 0 Å². The zero-order valence-corrected chi connectivity index (χ0v) is 23.0. The van der Waals surface area contributed by atoms with Gasteiger partial charge in [0.05, 0.1) is 37.6 Å². The summed E-state index contributed by atoms with van der Waals surface area (Å²) in [4.78, 5) is 0. The average Bonchev–Trinajstić information content (AvgIpc) is 2.94. The summed E-state index contributed by atoms with van der Waals surface area (Å²) in [7, 11) is 0. The molecule has 3 aliphatic heterocycles. The Bertz CT molecular complexity index is 729. The summed E-state index contributed by atoms with van der Waals surface area (Å²) in [6.07, 6.45) is -6.02. The monoisotopic (exact) mass is 564 g/mol. The normalized spacial score (nSPS) is 48.3. The van der Waals surface area contributed by atoms with E-state index in [0.29, 0.717) is 19.4 Å². The number of aliphatic hydroxyl groups is 6. The summed E-state index contributed by atoms with van der Waals surface area (Å²) in [6.45, 7) is 3.40. The van der Waals surface area contributed by atoms with Crippen molar-refractivity contribution in [1.82, 2.24) is 0 Å². The van der Waals surface area contributed by atoms with Crippen LogP contribution in [0.25, 0.3) is 0 Å². The Hall–Kier alpha value is -0.480. The minimum atomic E-state index is -1.44. The van der Waals surface area contributed by atoms with Crippen LogP contribution in [0.4, 0.5) is 0 Å². The number of ether oxygens (including phenoxy) is 6. The summed E-state index contributed by atoms with van der Waals surface area (Å²) >= 11 is 0. The molecule has 4 aliphatic rings. The third-order valence-electron chi connectivity index (χ3n) is 8.66. The Morgan fingerprint density at radius 2 is 1.51 bits per heavy atom. The Kier molecular flexibility index (Phi) is 11.8. The lowest BCUT2D eigenvalue weighted by Gasteiger charge is -2.48. The van der Waals surface area contributed by atoms with Gasteiger partial charge in [-0.2, -0.15) is 0 Å². The van der Waals surface area contributed by atoms with E-state index < -0.39 is 86.3 Å². The molecule has 1 saturated carbocycles. The summed E-state index contributed by atoms with van der Waals surface area (Å²) in [5.41, 5.74) is 0. The topological polar surface area (TPSA) is 177 Å². The highest BCUT2D eigenvalue weighted by molar-refractivity contribution is 4.95. The predicted octanol–water partition coefficient (Wildman–Crippen LogP) is -0.422. The van der Waals surface area contributed by atoms with Crippen LogP contribution in [0.15, 0.2) is 0 Å². The van der Waals surface area contributed by atoms with E-state index in [1.165, 1.54) is 0 Å². The van der Waals surface area contributed by atoms with E-state index in [9.17, 15) is 30.6 Å². The first-order valence-electron chi connectivity index (χ1n) is 14.6. The molecular weight excluding hydrogens is 516 g/mol. The maximum atomic E-state index is 11.0. The first-order chi connectivity index (χ1) is 18.8. The van der Waals surface area contributed by atoms with Gasteiger partial charge in [0, 0.05) is 6.61 Å². The van der Waals surface area contributed by atoms with Crippen LogP contribution in [-0.2, 0) is 28.4 Å². The zero-order chi connectivity index (χ0) is 28.1. The van der Waals surface area contributed by atoms with Crippen molar-refractivity contribution in [2.45, 2.75) is 145 Å². The predicted molar refractivity (Wildman–Crippen MR) is 135 cm³/mol. The quantitative estimate of drug-likeness (QED) is 0.236. The van der Waals surface area contributed by atoms with Gasteiger partial charge in [-0.3, -0.25) is 0 Å². The lowest BCUT2D eigenvalue weighted by molar-refractivity contribution is -0.354. The third-order valence-corrected chi connectivity index (χ3v) is 8.66. The van der Waals surface area contributed by atoms with Crippen LogP contribution in [0.2, 0.25) is 0 Å². The number of aliphatic hydroxyl groups excluding tert-OH is 6. The van der Waals surface area contributed by atoms with Gasteiger partial charge in [0.25, 0.3) is 0 Å². The van der Waals surface area contributed by atoms with Gasteiger partial charge in [-0.1, -0.05) is 32.6 Å². The van der Waals surface area contributed by atoms with Crippen LogP contribution in [0.1, 0.15) is 65.2 Å². The second-order valence-electron chi connectivity index (χ2n) is 11.4. The molecule has 0 spiro atoms. The minimum Gasteiger partial charge on any atom is -0.394 e. The molecule has 6 N–H and O–H groups in total. The fourth-order valence-electron chi connectivity index (χ4n) is 6.22. The van der Waals surface area contributed by atoms with Gasteiger partial charge in [0.1, 0.15) is 42.7 Å². The van der Waals surface area contributed by atoms with Crippen molar-refractivity contribution in [1.29, 1.82) is 0 Å². The molecule has 0 aromatic rings. The van der Waals surface area contributed by atoms with Crippen LogP contribution in [0.5, 0.6) is 0 Å². The highest BCUT2D eigenvalue weighted by atomic mass is 16.7. The lowest BCUT2D eigenvalue weighted by atomic mass is 9.82. The van der Waals surface area contributed by atoms with Gasteiger partial charge in [0.2, 0.25) is 0 Å². The highest BCUT2D eigenvalue weighted by Gasteiger charge is 2.51. The molecule has 228 valence electrons. The molecular formula is C27H48O12. The van der Waals surface area contributed by atoms with Crippen molar-refractivity contribution < 1.29 is 59.1 Å². The number of hydrogen-bond acceptors (Lipinski definition) is 12. The van der Waals surface area contributed by atoms with E-state index in [-0.39, 0.29) is 12.5 Å². The van der Waals surface area contributed by atoms with Crippen LogP contribution in [-0.4, -0.2) is 130 Å². The van der Waals surface area contributed by atoms with Crippen molar-refractivity contribution in [2.24, 2.45) is 5.92 Å². The molecule has 12 heteroatoms. The van der Waals surface area contributed by atoms with Gasteiger partial charge in [-0.15, -0.1) is 0 Å². The molecule has 3 heterocycles. The molecule has 0 aromatic heterocycles. The van der Waals surface area contributed by atoms with Crippen LogP contribution in [0.3, 0.4) is 0 Å². The molecule has 0 bridgehead atoms. The fourth-order valence-corrected chi connectivity index (χ4v) is 6.22. The molecule has 0 radical (unpaired) electrons. The SMILES string of the molecule is CC[C@@H]1CCC[C@@H](O[C@@H]2OC(CO)[C@H](O)C3O[C@@H](CO)CCCCCOC32)C1O[C@@H]1OC(C)[C@@H](O)C(O)[C@@H]1O. The van der Waals surface area contributed by atoms with E-state index in [2.05, 4.69) is 0 Å². The zero-order valence-electron chi connectivity index (χ0n) is 23.0. The molecule has 4 fully saturated rings. The van der Waals surface area contributed by atoms with Crippen molar-refractivity contribution in [2.75, 3.05) is 19.8 Å². The second kappa shape index (κ2) is 14.6. The molecule has 4 rings (SSSR count). The maximum absolute atomic E-state index is 11.0. The number of hydrogen-bond donors (Lipinski definition) is 6. The molecule has 3 saturated heterocycles. The molecule has 0 amide bonds. The largest absolute Gasteiger partial charge is 0.394 e. The van der Waals surface area contributed by atoms with E-state index in [1.54, 1.807) is 6.92 Å². The van der Waals surface area contributed by atoms with Gasteiger partial charge in [0.15, 0.2) is 12.6 Å². The lowest BCUT2D eigenvalue weighted by Crippen LogP contribution is -2.63. The fraction of sp³-hybridized carbons (Fsp3) is 1.00. The van der Waals surface area contributed by atoms with Crippen LogP contribution >= 0.6 is 0 Å². The molecule has 6 unspecified atom stereocenters. The second-order valence-corrected chi connectivity index (χ2v) is 11.4. The van der Waals surface area contributed by atoms with Crippen LogP contribution in [0, 0.1) is 5.92 Å². The third kappa shape index (κ3) is 7.30. The summed E-state index contributed by atoms with van der Waals surface area (Å²) in [5.74, 6) is 0.0671. The van der Waals surface area contributed by atoms with Gasteiger partial charge < -0.3 is 59.1 Å². The standard InChI is InChI=1S/C27H48O12/c1-3-15-8-7-10-17(23(15)39-26-22(33)21(32)19(30)14(2)35-26)37-27-25-24(20(31)18(13-29)38-27)36-16(12-28)9-5-4-6-11-34-25/h14-33H,3-13H2,1-2H3/t14?,15-,16-,17-,18?,19-,20+,21?,22+,23?,24?,25?,26+,27-/m1/s1. The first-order valence-corrected chi connectivity index (χ1v) is 14.6. The highest BCUT2D eigenvalue weighted by Crippen LogP contribution is 2.37. The molecule has 0 aromatic carbocycles. The Morgan fingerprint density at radius 3 is 2.23 bits per heavy atom. The average molecular weight is 565 g/mol.